The molecule has 0 aliphatic heterocycles. The molecule has 4 aromatic rings. The number of benzene rings is 2. The van der Waals surface area contributed by atoms with Crippen molar-refractivity contribution in [1.82, 2.24) is 25.7 Å². The number of hydrogen-bond acceptors (Lipinski definition) is 4. The molecule has 2 aromatic heterocycles. The summed E-state index contributed by atoms with van der Waals surface area (Å²) in [6, 6.07) is 15.3. The molecule has 3 N–H and O–H groups in total. The number of fused-ring (bicyclic) bond motifs is 1. The summed E-state index contributed by atoms with van der Waals surface area (Å²) in [4.78, 5) is 24.7. The minimum Gasteiger partial charge on any atom is -0.349 e. The first-order valence-corrected chi connectivity index (χ1v) is 10.6. The van der Waals surface area contributed by atoms with Crippen LogP contribution < -0.4 is 10.9 Å². The quantitative estimate of drug-likeness (QED) is 0.474. The van der Waals surface area contributed by atoms with E-state index in [0.717, 1.165) is 47.9 Å². The van der Waals surface area contributed by atoms with Gasteiger partial charge in [0.1, 0.15) is 0 Å². The average molecular weight is 413 g/mol. The summed E-state index contributed by atoms with van der Waals surface area (Å²) < 4.78 is 0. The van der Waals surface area contributed by atoms with Gasteiger partial charge in [0, 0.05) is 34.7 Å². The molecule has 0 bridgehead atoms. The number of carbonyl (C=O) groups is 1. The van der Waals surface area contributed by atoms with Gasteiger partial charge in [0.15, 0.2) is 0 Å². The van der Waals surface area contributed by atoms with E-state index in [2.05, 4.69) is 25.7 Å². The van der Waals surface area contributed by atoms with Crippen molar-refractivity contribution in [3.63, 3.8) is 0 Å². The Balaban J connectivity index is 1.23. The molecule has 0 unspecified atom stereocenters. The van der Waals surface area contributed by atoms with Crippen LogP contribution in [0.15, 0.2) is 65.7 Å². The fourth-order valence-corrected chi connectivity index (χ4v) is 4.45. The summed E-state index contributed by atoms with van der Waals surface area (Å²) >= 11 is 0. The molecule has 2 heterocycles. The Morgan fingerprint density at radius 3 is 2.39 bits per heavy atom. The Morgan fingerprint density at radius 1 is 0.935 bits per heavy atom. The van der Waals surface area contributed by atoms with Crippen LogP contribution >= 0.6 is 0 Å². The van der Waals surface area contributed by atoms with Crippen LogP contribution in [-0.4, -0.2) is 32.3 Å². The molecule has 1 amide bonds. The Kier molecular flexibility index (Phi) is 5.08. The largest absolute Gasteiger partial charge is 0.349 e. The third-order valence-corrected chi connectivity index (χ3v) is 6.15. The molecule has 7 heteroatoms. The molecule has 1 saturated carbocycles. The summed E-state index contributed by atoms with van der Waals surface area (Å²) in [7, 11) is 0. The Hall–Kier alpha value is -3.74. The van der Waals surface area contributed by atoms with E-state index in [1.54, 1.807) is 6.20 Å². The van der Waals surface area contributed by atoms with E-state index in [1.807, 2.05) is 54.7 Å². The average Bonchev–Trinajstić information content (AvgIpc) is 3.35. The number of nitrogens with one attached hydrogen (secondary N) is 3. The van der Waals surface area contributed by atoms with Crippen LogP contribution in [0.1, 0.15) is 47.7 Å². The van der Waals surface area contributed by atoms with Gasteiger partial charge < -0.3 is 5.32 Å². The third-order valence-electron chi connectivity index (χ3n) is 6.15. The summed E-state index contributed by atoms with van der Waals surface area (Å²) in [5.74, 6) is 0.235. The standard InChI is InChI=1S/C24H23N5O2/c30-23(17-7-5-15(6-8-17)18-13-25-26-14-18)27-19-11-9-16(10-12-19)22-20-3-1-2-4-21(20)24(31)29-28-22/h1-8,13-14,16,19H,9-12H2,(H,25,26)(H,27,30)(H,29,31)/t16-,19-. The van der Waals surface area contributed by atoms with Gasteiger partial charge in [-0.2, -0.15) is 10.2 Å². The Labute approximate surface area is 178 Å². The molecule has 0 atom stereocenters. The lowest BCUT2D eigenvalue weighted by Gasteiger charge is -2.29. The normalized spacial score (nSPS) is 18.7. The van der Waals surface area contributed by atoms with Crippen LogP contribution in [0.5, 0.6) is 0 Å². The zero-order valence-electron chi connectivity index (χ0n) is 17.0. The maximum Gasteiger partial charge on any atom is 0.272 e. The fraction of sp³-hybridized carbons (Fsp3) is 0.250. The summed E-state index contributed by atoms with van der Waals surface area (Å²) in [6.07, 6.45) is 7.21. The van der Waals surface area contributed by atoms with Gasteiger partial charge in [-0.25, -0.2) is 5.10 Å². The highest BCUT2D eigenvalue weighted by Crippen LogP contribution is 2.34. The number of rotatable bonds is 4. The predicted octanol–water partition coefficient (Wildman–Crippen LogP) is 3.77. The van der Waals surface area contributed by atoms with Crippen LogP contribution in [0.4, 0.5) is 0 Å². The molecule has 0 saturated heterocycles. The number of nitrogens with zero attached hydrogens (tertiary/aromatic N) is 2. The molecule has 7 nitrogen and oxygen atoms in total. The molecule has 0 radical (unpaired) electrons. The van der Waals surface area contributed by atoms with Crippen molar-refractivity contribution >= 4 is 16.7 Å². The number of aromatic amines is 2. The van der Waals surface area contributed by atoms with Crippen molar-refractivity contribution in [1.29, 1.82) is 0 Å². The second kappa shape index (κ2) is 8.18. The fourth-order valence-electron chi connectivity index (χ4n) is 4.45. The monoisotopic (exact) mass is 413 g/mol. The van der Waals surface area contributed by atoms with E-state index in [1.165, 1.54) is 0 Å². The van der Waals surface area contributed by atoms with E-state index in [-0.39, 0.29) is 23.4 Å². The van der Waals surface area contributed by atoms with Crippen LogP contribution in [0.25, 0.3) is 21.9 Å². The second-order valence-corrected chi connectivity index (χ2v) is 8.07. The van der Waals surface area contributed by atoms with Crippen molar-refractivity contribution in [3.8, 4) is 11.1 Å². The van der Waals surface area contributed by atoms with E-state index < -0.39 is 0 Å². The van der Waals surface area contributed by atoms with E-state index in [4.69, 9.17) is 0 Å². The summed E-state index contributed by atoms with van der Waals surface area (Å²) in [6.45, 7) is 0. The first kappa shape index (κ1) is 19.2. The highest BCUT2D eigenvalue weighted by Gasteiger charge is 2.26. The zero-order chi connectivity index (χ0) is 21.2. The molecule has 1 fully saturated rings. The van der Waals surface area contributed by atoms with Gasteiger partial charge in [0.25, 0.3) is 11.5 Å². The molecule has 2 aromatic carbocycles. The molecular weight excluding hydrogens is 390 g/mol. The third kappa shape index (κ3) is 3.86. The molecule has 1 aliphatic rings. The Bertz CT molecular complexity index is 1250. The molecule has 156 valence electrons. The Morgan fingerprint density at radius 2 is 1.68 bits per heavy atom. The lowest BCUT2D eigenvalue weighted by Crippen LogP contribution is -2.37. The van der Waals surface area contributed by atoms with Crippen molar-refractivity contribution in [2.45, 2.75) is 37.6 Å². The summed E-state index contributed by atoms with van der Waals surface area (Å²) in [5.41, 5.74) is 3.47. The summed E-state index contributed by atoms with van der Waals surface area (Å²) in [5, 5.41) is 18.5. The van der Waals surface area contributed by atoms with Gasteiger partial charge in [0.05, 0.1) is 17.3 Å². The zero-order valence-corrected chi connectivity index (χ0v) is 17.0. The highest BCUT2D eigenvalue weighted by atomic mass is 16.1. The van der Waals surface area contributed by atoms with Crippen molar-refractivity contribution in [3.05, 3.63) is 82.5 Å². The number of amides is 1. The number of hydrogen-bond donors (Lipinski definition) is 3. The first-order chi connectivity index (χ1) is 15.2. The van der Waals surface area contributed by atoms with Crippen LogP contribution in [0.3, 0.4) is 0 Å². The van der Waals surface area contributed by atoms with E-state index in [9.17, 15) is 9.59 Å². The number of aromatic nitrogens is 4. The maximum absolute atomic E-state index is 12.7. The van der Waals surface area contributed by atoms with Gasteiger partial charge in [-0.15, -0.1) is 0 Å². The van der Waals surface area contributed by atoms with Gasteiger partial charge in [-0.1, -0.05) is 30.3 Å². The lowest BCUT2D eigenvalue weighted by molar-refractivity contribution is 0.0925. The van der Waals surface area contributed by atoms with Gasteiger partial charge >= 0.3 is 0 Å². The predicted molar refractivity (Wildman–Crippen MR) is 119 cm³/mol. The van der Waals surface area contributed by atoms with Crippen molar-refractivity contribution < 1.29 is 4.79 Å². The van der Waals surface area contributed by atoms with Gasteiger partial charge in [-0.05, 0) is 49.4 Å². The van der Waals surface area contributed by atoms with Crippen molar-refractivity contribution in [2.75, 3.05) is 0 Å². The first-order valence-electron chi connectivity index (χ1n) is 10.6. The lowest BCUT2D eigenvalue weighted by atomic mass is 9.82. The van der Waals surface area contributed by atoms with E-state index >= 15 is 0 Å². The van der Waals surface area contributed by atoms with Gasteiger partial charge in [-0.3, -0.25) is 14.7 Å². The molecule has 5 rings (SSSR count). The highest BCUT2D eigenvalue weighted by molar-refractivity contribution is 5.94. The molecule has 31 heavy (non-hydrogen) atoms. The minimum atomic E-state index is -0.154. The van der Waals surface area contributed by atoms with E-state index in [0.29, 0.717) is 10.9 Å². The molecule has 1 aliphatic carbocycles. The topological polar surface area (TPSA) is 104 Å². The van der Waals surface area contributed by atoms with Crippen LogP contribution in [0, 0.1) is 0 Å². The SMILES string of the molecule is O=C(N[C@H]1CC[C@H](c2n[nH]c(=O)c3ccccc32)CC1)c1ccc(-c2cn[nH]c2)cc1. The van der Waals surface area contributed by atoms with Crippen LogP contribution in [0.2, 0.25) is 0 Å². The second-order valence-electron chi connectivity index (χ2n) is 8.07. The minimum absolute atomic E-state index is 0.0465. The van der Waals surface area contributed by atoms with Gasteiger partial charge in [0.2, 0.25) is 0 Å². The molecular formula is C24H23N5O2. The smallest absolute Gasteiger partial charge is 0.272 e. The van der Waals surface area contributed by atoms with Crippen molar-refractivity contribution in [2.24, 2.45) is 0 Å². The number of carbonyl (C=O) groups excluding carboxylic acids is 1. The maximum atomic E-state index is 12.7. The number of H-pyrrole nitrogens is 2. The molecule has 0 spiro atoms. The van der Waals surface area contributed by atoms with Crippen LogP contribution in [-0.2, 0) is 0 Å².